The third kappa shape index (κ3) is 4.20. The average Bonchev–Trinajstić information content (AvgIpc) is 3.56. The molecule has 0 radical (unpaired) electrons. The van der Waals surface area contributed by atoms with E-state index in [4.69, 9.17) is 0 Å². The van der Waals surface area contributed by atoms with Gasteiger partial charge in [0, 0.05) is 27.9 Å². The Kier molecular flexibility index (Phi) is 6.14. The molecule has 0 bridgehead atoms. The van der Waals surface area contributed by atoms with Crippen LogP contribution in [0.4, 0.5) is 17.1 Å². The van der Waals surface area contributed by atoms with Crippen LogP contribution in [0.3, 0.4) is 0 Å². The van der Waals surface area contributed by atoms with Gasteiger partial charge in [0.15, 0.2) is 0 Å². The van der Waals surface area contributed by atoms with E-state index in [1.807, 2.05) is 0 Å². The normalized spacial score (nSPS) is 14.7. The molecule has 1 heteroatoms. The minimum atomic E-state index is -0.104. The molecule has 11 rings (SSSR count). The predicted octanol–water partition coefficient (Wildman–Crippen LogP) is 14.4. The van der Waals surface area contributed by atoms with Gasteiger partial charge < -0.3 is 4.90 Å². The van der Waals surface area contributed by atoms with E-state index in [-0.39, 0.29) is 10.8 Å². The topological polar surface area (TPSA) is 3.24 Å². The van der Waals surface area contributed by atoms with Gasteiger partial charge in [-0.15, -0.1) is 0 Å². The lowest BCUT2D eigenvalue weighted by atomic mass is 9.79. The molecule has 0 saturated heterocycles. The number of hydrogen-bond donors (Lipinski definition) is 0. The van der Waals surface area contributed by atoms with Crippen LogP contribution in [0, 0.1) is 0 Å². The van der Waals surface area contributed by atoms with E-state index in [1.165, 1.54) is 87.6 Å². The van der Waals surface area contributed by atoms with E-state index in [9.17, 15) is 0 Å². The number of benzene rings is 9. The maximum atomic E-state index is 2.42. The van der Waals surface area contributed by atoms with Gasteiger partial charge in [0.1, 0.15) is 0 Å². The molecular weight excluding hydrogens is 639 g/mol. The first-order valence-corrected chi connectivity index (χ1v) is 18.8. The Hall–Kier alpha value is -6.18. The molecule has 0 amide bonds. The summed E-state index contributed by atoms with van der Waals surface area (Å²) >= 11 is 0. The van der Waals surface area contributed by atoms with Crippen molar-refractivity contribution in [3.05, 3.63) is 186 Å². The van der Waals surface area contributed by atoms with Gasteiger partial charge in [0.25, 0.3) is 0 Å². The fourth-order valence-corrected chi connectivity index (χ4v) is 10.0. The van der Waals surface area contributed by atoms with Gasteiger partial charge in [0.2, 0.25) is 0 Å². The van der Waals surface area contributed by atoms with Crippen LogP contribution >= 0.6 is 0 Å². The molecule has 0 saturated carbocycles. The number of anilines is 3. The fraction of sp³-hybridized carbons (Fsp3) is 0.115. The Morgan fingerprint density at radius 2 is 0.887 bits per heavy atom. The van der Waals surface area contributed by atoms with E-state index in [1.54, 1.807) is 0 Å². The number of para-hydroxylation sites is 1. The van der Waals surface area contributed by atoms with E-state index >= 15 is 0 Å². The highest BCUT2D eigenvalue weighted by Crippen LogP contribution is 2.55. The standard InChI is InChI=1S/C52H39N/c1-51(2)46-27-20-32-12-10-11-17-40(32)48(46)44-24-19-36-29-39(22-26-42(36)50(44)51)53(37-15-6-5-7-16-37)38-21-25-41-35(28-38)18-23-43-45-30-33-13-8-9-14-34(33)31-47(45)52(3,4)49(41)43/h5-31H,1-4H3. The van der Waals surface area contributed by atoms with E-state index in [0.717, 1.165) is 17.1 Å². The summed E-state index contributed by atoms with van der Waals surface area (Å²) < 4.78 is 0. The lowest BCUT2D eigenvalue weighted by Crippen LogP contribution is -2.16. The number of rotatable bonds is 3. The van der Waals surface area contributed by atoms with Crippen molar-refractivity contribution in [1.29, 1.82) is 0 Å². The van der Waals surface area contributed by atoms with Crippen molar-refractivity contribution >= 4 is 60.2 Å². The van der Waals surface area contributed by atoms with Crippen LogP contribution in [0.25, 0.3) is 65.3 Å². The van der Waals surface area contributed by atoms with Crippen molar-refractivity contribution in [1.82, 2.24) is 0 Å². The van der Waals surface area contributed by atoms with E-state index < -0.39 is 0 Å². The molecular formula is C52H39N. The molecule has 2 aliphatic rings. The largest absolute Gasteiger partial charge is 0.310 e. The number of fused-ring (bicyclic) bond motifs is 13. The number of nitrogens with zero attached hydrogens (tertiary/aromatic N) is 1. The minimum absolute atomic E-state index is 0.104. The zero-order valence-electron chi connectivity index (χ0n) is 30.5. The summed E-state index contributed by atoms with van der Waals surface area (Å²) in [5, 5.41) is 10.4. The van der Waals surface area contributed by atoms with Gasteiger partial charge in [0.05, 0.1) is 0 Å². The fourth-order valence-electron chi connectivity index (χ4n) is 10.0. The highest BCUT2D eigenvalue weighted by atomic mass is 15.1. The quantitative estimate of drug-likeness (QED) is 0.180. The van der Waals surface area contributed by atoms with Gasteiger partial charge >= 0.3 is 0 Å². The van der Waals surface area contributed by atoms with E-state index in [0.29, 0.717) is 0 Å². The Labute approximate surface area is 310 Å². The summed E-state index contributed by atoms with van der Waals surface area (Å²) in [4.78, 5) is 2.42. The first-order valence-electron chi connectivity index (χ1n) is 18.8. The van der Waals surface area contributed by atoms with Crippen molar-refractivity contribution < 1.29 is 0 Å². The second-order valence-corrected chi connectivity index (χ2v) is 16.2. The third-order valence-corrected chi connectivity index (χ3v) is 12.5. The molecule has 0 N–H and O–H groups in total. The highest BCUT2D eigenvalue weighted by molar-refractivity contribution is 6.08. The summed E-state index contributed by atoms with van der Waals surface area (Å²) in [6, 6.07) is 61.4. The van der Waals surface area contributed by atoms with Crippen molar-refractivity contribution in [2.75, 3.05) is 4.90 Å². The molecule has 2 aliphatic carbocycles. The van der Waals surface area contributed by atoms with Gasteiger partial charge in [-0.3, -0.25) is 0 Å². The van der Waals surface area contributed by atoms with Crippen LogP contribution in [0.15, 0.2) is 164 Å². The first kappa shape index (κ1) is 30.4. The van der Waals surface area contributed by atoms with Gasteiger partial charge in [-0.25, -0.2) is 0 Å². The van der Waals surface area contributed by atoms with Crippen LogP contribution in [0.5, 0.6) is 0 Å². The molecule has 0 aliphatic heterocycles. The summed E-state index contributed by atoms with van der Waals surface area (Å²) in [6.45, 7) is 9.57. The van der Waals surface area contributed by atoms with Gasteiger partial charge in [-0.05, 0) is 136 Å². The highest BCUT2D eigenvalue weighted by Gasteiger charge is 2.39. The Morgan fingerprint density at radius 3 is 1.58 bits per heavy atom. The zero-order chi connectivity index (χ0) is 35.6. The smallest absolute Gasteiger partial charge is 0.0468 e. The second kappa shape index (κ2) is 10.7. The minimum Gasteiger partial charge on any atom is -0.310 e. The van der Waals surface area contributed by atoms with Crippen LogP contribution in [-0.2, 0) is 10.8 Å². The second-order valence-electron chi connectivity index (χ2n) is 16.2. The first-order chi connectivity index (χ1) is 25.8. The van der Waals surface area contributed by atoms with Crippen molar-refractivity contribution in [2.45, 2.75) is 38.5 Å². The Morgan fingerprint density at radius 1 is 0.340 bits per heavy atom. The lowest BCUT2D eigenvalue weighted by molar-refractivity contribution is 0.666. The van der Waals surface area contributed by atoms with Crippen molar-refractivity contribution in [3.8, 4) is 22.3 Å². The summed E-state index contributed by atoms with van der Waals surface area (Å²) in [5.41, 5.74) is 14.4. The molecule has 1 nitrogen and oxygen atoms in total. The monoisotopic (exact) mass is 677 g/mol. The lowest BCUT2D eigenvalue weighted by Gasteiger charge is -2.28. The predicted molar refractivity (Wildman–Crippen MR) is 226 cm³/mol. The molecule has 252 valence electrons. The van der Waals surface area contributed by atoms with Gasteiger partial charge in [-0.2, -0.15) is 0 Å². The third-order valence-electron chi connectivity index (χ3n) is 12.5. The molecule has 0 spiro atoms. The van der Waals surface area contributed by atoms with Crippen LogP contribution in [0.2, 0.25) is 0 Å². The molecule has 9 aromatic rings. The summed E-state index contributed by atoms with van der Waals surface area (Å²) in [5.74, 6) is 0. The molecule has 0 atom stereocenters. The number of hydrogen-bond acceptors (Lipinski definition) is 1. The molecule has 0 unspecified atom stereocenters. The van der Waals surface area contributed by atoms with Crippen LogP contribution in [-0.4, -0.2) is 0 Å². The summed E-state index contributed by atoms with van der Waals surface area (Å²) in [6.07, 6.45) is 0. The molecule has 53 heavy (non-hydrogen) atoms. The molecule has 0 aromatic heterocycles. The Bertz CT molecular complexity index is 3000. The van der Waals surface area contributed by atoms with Crippen LogP contribution in [0.1, 0.15) is 49.9 Å². The maximum absolute atomic E-state index is 2.42. The Balaban J connectivity index is 1.06. The van der Waals surface area contributed by atoms with Crippen LogP contribution < -0.4 is 4.90 Å². The van der Waals surface area contributed by atoms with Crippen molar-refractivity contribution in [2.24, 2.45) is 0 Å². The average molecular weight is 678 g/mol. The maximum Gasteiger partial charge on any atom is 0.0468 e. The van der Waals surface area contributed by atoms with E-state index in [2.05, 4.69) is 196 Å². The molecule has 0 fully saturated rings. The SMILES string of the molecule is CC1(C)c2cc3ccccc3cc2-c2ccc3cc(N(c4ccccc4)c4ccc5c6c(ccc5c4)-c4c(ccc5ccccc45)C6(C)C)ccc3c21. The zero-order valence-corrected chi connectivity index (χ0v) is 30.5. The van der Waals surface area contributed by atoms with Crippen molar-refractivity contribution in [3.63, 3.8) is 0 Å². The molecule has 0 heterocycles. The summed E-state index contributed by atoms with van der Waals surface area (Å²) in [7, 11) is 0. The van der Waals surface area contributed by atoms with Gasteiger partial charge in [-0.1, -0.05) is 143 Å². The molecule has 9 aromatic carbocycles.